The summed E-state index contributed by atoms with van der Waals surface area (Å²) in [6, 6.07) is 13.5. The van der Waals surface area contributed by atoms with E-state index in [4.69, 9.17) is 0 Å². The van der Waals surface area contributed by atoms with Crippen molar-refractivity contribution in [2.24, 2.45) is 7.05 Å². The van der Waals surface area contributed by atoms with Gasteiger partial charge in [0.2, 0.25) is 0 Å². The number of nitrogens with zero attached hydrogens (tertiary/aromatic N) is 1. The third-order valence-corrected chi connectivity index (χ3v) is 6.58. The first-order chi connectivity index (χ1) is 14.2. The Labute approximate surface area is 169 Å². The Hall–Kier alpha value is -3.49. The second-order valence-electron chi connectivity index (χ2n) is 7.31. The van der Waals surface area contributed by atoms with E-state index in [1.165, 1.54) is 4.57 Å². The Morgan fingerprint density at radius 1 is 0.900 bits per heavy atom. The van der Waals surface area contributed by atoms with Crippen LogP contribution in [0.3, 0.4) is 0 Å². The summed E-state index contributed by atoms with van der Waals surface area (Å²) in [4.78, 5) is 29.2. The molecule has 0 aliphatic rings. The highest BCUT2D eigenvalue weighted by molar-refractivity contribution is 7.86. The van der Waals surface area contributed by atoms with Gasteiger partial charge in [-0.05, 0) is 36.8 Å². The molecule has 0 amide bonds. The Morgan fingerprint density at radius 2 is 1.50 bits per heavy atom. The Bertz CT molecular complexity index is 1780. The molecule has 0 bridgehead atoms. The van der Waals surface area contributed by atoms with Gasteiger partial charge < -0.3 is 9.55 Å². The predicted molar refractivity (Wildman–Crippen MR) is 117 cm³/mol. The van der Waals surface area contributed by atoms with Gasteiger partial charge in [-0.2, -0.15) is 8.42 Å². The lowest BCUT2D eigenvalue weighted by molar-refractivity contribution is 0.484. The monoisotopic (exact) mass is 420 g/mol. The van der Waals surface area contributed by atoms with Crippen molar-refractivity contribution in [2.45, 2.75) is 11.8 Å². The summed E-state index contributed by atoms with van der Waals surface area (Å²) in [6.45, 7) is 1.67. The maximum absolute atomic E-state index is 13.4. The van der Waals surface area contributed by atoms with E-state index in [1.807, 2.05) is 0 Å². The summed E-state index contributed by atoms with van der Waals surface area (Å²) in [6.07, 6.45) is 0. The lowest BCUT2D eigenvalue weighted by Gasteiger charge is -2.17. The normalized spacial score (nSPS) is 12.4. The van der Waals surface area contributed by atoms with E-state index in [9.17, 15) is 22.6 Å². The topological polar surface area (TPSA) is 109 Å². The van der Waals surface area contributed by atoms with E-state index >= 15 is 0 Å². The van der Waals surface area contributed by atoms with Crippen molar-refractivity contribution < 1.29 is 13.0 Å². The number of benzene rings is 3. The summed E-state index contributed by atoms with van der Waals surface area (Å²) in [7, 11) is -3.24. The van der Waals surface area contributed by atoms with Gasteiger partial charge in [0, 0.05) is 23.3 Å². The number of hydrogen-bond donors (Lipinski definition) is 2. The molecule has 7 nitrogen and oxygen atoms in total. The lowest BCUT2D eigenvalue weighted by atomic mass is 10.00. The van der Waals surface area contributed by atoms with Gasteiger partial charge in [0.25, 0.3) is 10.1 Å². The first-order valence-corrected chi connectivity index (χ1v) is 10.6. The fourth-order valence-corrected chi connectivity index (χ4v) is 5.27. The van der Waals surface area contributed by atoms with Gasteiger partial charge in [-0.25, -0.2) is 0 Å². The second kappa shape index (κ2) is 6.01. The first-order valence-electron chi connectivity index (χ1n) is 9.18. The van der Waals surface area contributed by atoms with Crippen molar-refractivity contribution >= 4 is 53.7 Å². The van der Waals surface area contributed by atoms with Crippen LogP contribution in [0.4, 0.5) is 0 Å². The minimum absolute atomic E-state index is 0.00646. The molecule has 2 N–H and O–H groups in total. The zero-order chi connectivity index (χ0) is 21.4. The highest BCUT2D eigenvalue weighted by atomic mass is 32.2. The van der Waals surface area contributed by atoms with E-state index in [0.717, 1.165) is 0 Å². The number of aryl methyl sites for hydroxylation is 2. The molecule has 5 rings (SSSR count). The van der Waals surface area contributed by atoms with Crippen LogP contribution in [-0.4, -0.2) is 22.5 Å². The number of para-hydroxylation sites is 2. The zero-order valence-electron chi connectivity index (χ0n) is 16.1. The molecule has 0 saturated heterocycles. The van der Waals surface area contributed by atoms with Gasteiger partial charge in [-0.1, -0.05) is 24.3 Å². The zero-order valence-corrected chi connectivity index (χ0v) is 16.9. The highest BCUT2D eigenvalue weighted by Crippen LogP contribution is 2.34. The fraction of sp³-hybridized carbons (Fsp3) is 0.0909. The van der Waals surface area contributed by atoms with Crippen LogP contribution in [0.1, 0.15) is 5.56 Å². The average Bonchev–Trinajstić information content (AvgIpc) is 2.72. The molecular weight excluding hydrogens is 404 g/mol. The molecule has 0 unspecified atom stereocenters. The van der Waals surface area contributed by atoms with Crippen LogP contribution in [0.25, 0.3) is 43.6 Å². The summed E-state index contributed by atoms with van der Waals surface area (Å²) < 4.78 is 36.8. The molecule has 0 radical (unpaired) electrons. The number of nitrogens with one attached hydrogen (secondary N) is 1. The molecule has 0 fully saturated rings. The molecule has 3 aromatic carbocycles. The molecule has 2 aromatic heterocycles. The van der Waals surface area contributed by atoms with Crippen LogP contribution in [0.15, 0.2) is 63.0 Å². The van der Waals surface area contributed by atoms with Crippen LogP contribution in [0.2, 0.25) is 0 Å². The smallest absolute Gasteiger partial charge is 0.297 e. The lowest BCUT2D eigenvalue weighted by Crippen LogP contribution is -2.18. The minimum Gasteiger partial charge on any atom is -0.354 e. The van der Waals surface area contributed by atoms with Crippen LogP contribution >= 0.6 is 0 Å². The van der Waals surface area contributed by atoms with Gasteiger partial charge >= 0.3 is 0 Å². The number of pyridine rings is 2. The molecule has 150 valence electrons. The number of rotatable bonds is 1. The third-order valence-electron chi connectivity index (χ3n) is 5.67. The molecule has 8 heteroatoms. The third kappa shape index (κ3) is 2.31. The van der Waals surface area contributed by atoms with Crippen molar-refractivity contribution in [1.29, 1.82) is 0 Å². The van der Waals surface area contributed by atoms with E-state index in [0.29, 0.717) is 27.4 Å². The molecule has 0 spiro atoms. The SMILES string of the molecule is Cc1c2[nH]c3ccccc3c(=O)c2c(S(=O)(=O)O)c2c1c(=O)c1ccccc1n2C. The van der Waals surface area contributed by atoms with Crippen molar-refractivity contribution in [1.82, 2.24) is 9.55 Å². The van der Waals surface area contributed by atoms with Crippen LogP contribution in [0.5, 0.6) is 0 Å². The van der Waals surface area contributed by atoms with E-state index in [-0.39, 0.29) is 27.2 Å². The van der Waals surface area contributed by atoms with Crippen LogP contribution < -0.4 is 10.9 Å². The standard InChI is InChI=1S/C22H16N2O5S/c1-11-16-19(24(2)15-10-6-4-8-13(15)21(16)26)22(30(27,28)29)17-18(11)23-14-9-5-3-7-12(14)20(17)25/h3-10H,1-2H3,(H,23,25)(H,27,28,29). The van der Waals surface area contributed by atoms with E-state index in [1.54, 1.807) is 62.5 Å². The molecule has 0 atom stereocenters. The van der Waals surface area contributed by atoms with E-state index < -0.39 is 20.4 Å². The average molecular weight is 420 g/mol. The molecule has 5 aromatic rings. The Balaban J connectivity index is 2.29. The van der Waals surface area contributed by atoms with Crippen molar-refractivity contribution in [3.05, 3.63) is 74.5 Å². The van der Waals surface area contributed by atoms with E-state index in [2.05, 4.69) is 4.98 Å². The number of hydrogen-bond acceptors (Lipinski definition) is 4. The van der Waals surface area contributed by atoms with Gasteiger partial charge in [-0.3, -0.25) is 14.1 Å². The highest BCUT2D eigenvalue weighted by Gasteiger charge is 2.27. The Kier molecular flexibility index (Phi) is 3.71. The molecule has 0 aliphatic carbocycles. The van der Waals surface area contributed by atoms with Gasteiger partial charge in [0.15, 0.2) is 10.9 Å². The second-order valence-corrected chi connectivity index (χ2v) is 8.67. The maximum atomic E-state index is 13.4. The van der Waals surface area contributed by atoms with Crippen LogP contribution in [0, 0.1) is 6.92 Å². The summed E-state index contributed by atoms with van der Waals surface area (Å²) in [5, 5.41) is 0.688. The largest absolute Gasteiger partial charge is 0.354 e. The summed E-state index contributed by atoms with van der Waals surface area (Å²) in [5.41, 5.74) is 0.779. The number of aromatic nitrogens is 2. The molecule has 0 saturated carbocycles. The van der Waals surface area contributed by atoms with Crippen molar-refractivity contribution in [3.8, 4) is 0 Å². The quantitative estimate of drug-likeness (QED) is 0.320. The maximum Gasteiger partial charge on any atom is 0.297 e. The molecule has 2 heterocycles. The fourth-order valence-electron chi connectivity index (χ4n) is 4.33. The van der Waals surface area contributed by atoms with Gasteiger partial charge in [0.05, 0.1) is 27.3 Å². The Morgan fingerprint density at radius 3 is 2.20 bits per heavy atom. The molecule has 0 aliphatic heterocycles. The van der Waals surface area contributed by atoms with Crippen molar-refractivity contribution in [2.75, 3.05) is 0 Å². The van der Waals surface area contributed by atoms with Crippen LogP contribution in [-0.2, 0) is 17.2 Å². The number of aromatic amines is 1. The predicted octanol–water partition coefficient (Wildman–Crippen LogP) is 3.24. The minimum atomic E-state index is -4.85. The molecular formula is C22H16N2O5S. The summed E-state index contributed by atoms with van der Waals surface area (Å²) in [5.74, 6) is 0. The number of H-pyrrole nitrogens is 1. The number of fused-ring (bicyclic) bond motifs is 4. The first kappa shape index (κ1) is 18.5. The van der Waals surface area contributed by atoms with Crippen molar-refractivity contribution in [3.63, 3.8) is 0 Å². The van der Waals surface area contributed by atoms with Gasteiger partial charge in [-0.15, -0.1) is 0 Å². The molecule has 30 heavy (non-hydrogen) atoms. The summed E-state index contributed by atoms with van der Waals surface area (Å²) >= 11 is 0. The van der Waals surface area contributed by atoms with Gasteiger partial charge in [0.1, 0.15) is 4.90 Å².